The van der Waals surface area contributed by atoms with Gasteiger partial charge in [-0.2, -0.15) is 5.26 Å². The summed E-state index contributed by atoms with van der Waals surface area (Å²) in [5, 5.41) is 14.8. The van der Waals surface area contributed by atoms with Crippen LogP contribution in [0.3, 0.4) is 0 Å². The number of carbonyl (C=O) groups is 2. The van der Waals surface area contributed by atoms with Crippen LogP contribution in [0.15, 0.2) is 54.6 Å². The summed E-state index contributed by atoms with van der Waals surface area (Å²) in [6, 6.07) is 17.2. The van der Waals surface area contributed by atoms with E-state index in [0.717, 1.165) is 5.69 Å². The molecule has 0 aliphatic heterocycles. The fraction of sp³-hybridized carbons (Fsp3) is 0.0952. The quantitative estimate of drug-likeness (QED) is 0.660. The zero-order chi connectivity index (χ0) is 20.1. The van der Waals surface area contributed by atoms with Gasteiger partial charge in [-0.15, -0.1) is 0 Å². The van der Waals surface area contributed by atoms with Crippen molar-refractivity contribution in [3.8, 4) is 6.07 Å². The number of anilines is 3. The summed E-state index contributed by atoms with van der Waals surface area (Å²) >= 11 is 0. The molecule has 138 valence electrons. The van der Waals surface area contributed by atoms with Gasteiger partial charge in [0.2, 0.25) is 0 Å². The molecule has 1 heterocycles. The van der Waals surface area contributed by atoms with Crippen molar-refractivity contribution in [1.82, 2.24) is 9.97 Å². The molecule has 1 amide bonds. The molecule has 0 spiro atoms. The molecule has 0 atom stereocenters. The molecule has 0 aliphatic rings. The molecule has 0 unspecified atom stereocenters. The molecule has 0 radical (unpaired) electrons. The van der Waals surface area contributed by atoms with Crippen LogP contribution in [-0.2, 0) is 0 Å². The highest BCUT2D eigenvalue weighted by Gasteiger charge is 2.12. The second-order valence-electron chi connectivity index (χ2n) is 6.09. The van der Waals surface area contributed by atoms with Gasteiger partial charge in [0.15, 0.2) is 5.78 Å². The van der Waals surface area contributed by atoms with Crippen LogP contribution >= 0.6 is 0 Å². The molecule has 3 rings (SSSR count). The molecule has 2 aromatic carbocycles. The Kier molecular flexibility index (Phi) is 5.42. The number of carbonyl (C=O) groups excluding carboxylic acids is 2. The summed E-state index contributed by atoms with van der Waals surface area (Å²) in [6.45, 7) is 3.20. The standard InChI is InChI=1S/C21H17N5O2/c1-13(27)16-6-8-17(9-7-16)25-20-11-19(23-14(2)24-20)21(28)26-18-5-3-4-15(10-18)12-22/h3-11H,1-2H3,(H,26,28)(H,23,24,25). The minimum atomic E-state index is -0.407. The molecular weight excluding hydrogens is 354 g/mol. The SMILES string of the molecule is CC(=O)c1ccc(Nc2cc(C(=O)Nc3cccc(C#N)c3)nc(C)n2)cc1. The summed E-state index contributed by atoms with van der Waals surface area (Å²) in [7, 11) is 0. The number of amides is 1. The van der Waals surface area contributed by atoms with Gasteiger partial charge in [-0.25, -0.2) is 9.97 Å². The van der Waals surface area contributed by atoms with Crippen LogP contribution in [0.1, 0.15) is 39.2 Å². The first-order valence-electron chi connectivity index (χ1n) is 8.50. The lowest BCUT2D eigenvalue weighted by molar-refractivity contribution is 0.101. The first-order valence-corrected chi connectivity index (χ1v) is 8.50. The molecule has 7 heteroatoms. The first kappa shape index (κ1) is 18.7. The summed E-state index contributed by atoms with van der Waals surface area (Å²) in [6.07, 6.45) is 0. The number of ketones is 1. The zero-order valence-corrected chi connectivity index (χ0v) is 15.4. The highest BCUT2D eigenvalue weighted by atomic mass is 16.2. The number of aryl methyl sites for hydroxylation is 1. The van der Waals surface area contributed by atoms with E-state index in [9.17, 15) is 9.59 Å². The molecule has 28 heavy (non-hydrogen) atoms. The van der Waals surface area contributed by atoms with Crippen molar-refractivity contribution >= 4 is 28.9 Å². The number of rotatable bonds is 5. The number of nitrogens with one attached hydrogen (secondary N) is 2. The minimum absolute atomic E-state index is 0.0103. The Morgan fingerprint density at radius 3 is 2.43 bits per heavy atom. The van der Waals surface area contributed by atoms with Crippen LogP contribution < -0.4 is 10.6 Å². The van der Waals surface area contributed by atoms with Gasteiger partial charge in [-0.05, 0) is 56.3 Å². The van der Waals surface area contributed by atoms with Crippen molar-refractivity contribution in [3.63, 3.8) is 0 Å². The maximum absolute atomic E-state index is 12.5. The van der Waals surface area contributed by atoms with Gasteiger partial charge in [-0.3, -0.25) is 9.59 Å². The highest BCUT2D eigenvalue weighted by Crippen LogP contribution is 2.18. The van der Waals surface area contributed by atoms with Crippen LogP contribution in [0.4, 0.5) is 17.2 Å². The van der Waals surface area contributed by atoms with Crippen molar-refractivity contribution in [1.29, 1.82) is 5.26 Å². The van der Waals surface area contributed by atoms with Crippen LogP contribution in [0, 0.1) is 18.3 Å². The van der Waals surface area contributed by atoms with Gasteiger partial charge in [0.25, 0.3) is 5.91 Å². The van der Waals surface area contributed by atoms with Gasteiger partial charge < -0.3 is 10.6 Å². The molecule has 2 N–H and O–H groups in total. The summed E-state index contributed by atoms with van der Waals surface area (Å²) < 4.78 is 0. The van der Waals surface area contributed by atoms with Crippen LogP contribution in [-0.4, -0.2) is 21.7 Å². The van der Waals surface area contributed by atoms with Gasteiger partial charge in [0.05, 0.1) is 11.6 Å². The van der Waals surface area contributed by atoms with E-state index in [1.165, 1.54) is 13.0 Å². The Hall–Kier alpha value is -4.05. The molecule has 0 aliphatic carbocycles. The maximum atomic E-state index is 12.5. The van der Waals surface area contributed by atoms with Crippen molar-refractivity contribution in [2.75, 3.05) is 10.6 Å². The topological polar surface area (TPSA) is 108 Å². The number of nitriles is 1. The smallest absolute Gasteiger partial charge is 0.274 e. The predicted octanol–water partition coefficient (Wildman–Crippen LogP) is 3.86. The monoisotopic (exact) mass is 371 g/mol. The number of aromatic nitrogens is 2. The lowest BCUT2D eigenvalue weighted by Gasteiger charge is -2.10. The van der Waals surface area contributed by atoms with Crippen molar-refractivity contribution < 1.29 is 9.59 Å². The lowest BCUT2D eigenvalue weighted by Crippen LogP contribution is -2.15. The molecular formula is C21H17N5O2. The van der Waals surface area contributed by atoms with E-state index < -0.39 is 5.91 Å². The van der Waals surface area contributed by atoms with Gasteiger partial charge in [0.1, 0.15) is 17.3 Å². The van der Waals surface area contributed by atoms with E-state index in [-0.39, 0.29) is 11.5 Å². The van der Waals surface area contributed by atoms with E-state index in [1.54, 1.807) is 55.5 Å². The zero-order valence-electron chi connectivity index (χ0n) is 15.4. The Morgan fingerprint density at radius 1 is 1.00 bits per heavy atom. The fourth-order valence-corrected chi connectivity index (χ4v) is 2.55. The number of hydrogen-bond acceptors (Lipinski definition) is 6. The summed E-state index contributed by atoms with van der Waals surface area (Å²) in [5.74, 6) is 0.472. The Labute approximate surface area is 162 Å². The summed E-state index contributed by atoms with van der Waals surface area (Å²) in [5.41, 5.74) is 2.50. The number of Topliss-reactive ketones (excluding diaryl/α,β-unsaturated/α-hetero) is 1. The van der Waals surface area contributed by atoms with E-state index in [0.29, 0.717) is 28.5 Å². The normalized spacial score (nSPS) is 10.0. The largest absolute Gasteiger partial charge is 0.340 e. The molecule has 0 fully saturated rings. The molecule has 3 aromatic rings. The van der Waals surface area contributed by atoms with Gasteiger partial charge in [-0.1, -0.05) is 6.07 Å². The third-order valence-electron chi connectivity index (χ3n) is 3.88. The second-order valence-corrected chi connectivity index (χ2v) is 6.09. The second kappa shape index (κ2) is 8.10. The van der Waals surface area contributed by atoms with Crippen molar-refractivity contribution in [3.05, 3.63) is 77.2 Å². The van der Waals surface area contributed by atoms with E-state index >= 15 is 0 Å². The lowest BCUT2D eigenvalue weighted by atomic mass is 10.1. The van der Waals surface area contributed by atoms with Crippen LogP contribution in [0.5, 0.6) is 0 Å². The molecule has 0 bridgehead atoms. The number of hydrogen-bond donors (Lipinski definition) is 2. The maximum Gasteiger partial charge on any atom is 0.274 e. The fourth-order valence-electron chi connectivity index (χ4n) is 2.55. The summed E-state index contributed by atoms with van der Waals surface area (Å²) in [4.78, 5) is 32.4. The number of benzene rings is 2. The minimum Gasteiger partial charge on any atom is -0.340 e. The molecule has 0 saturated heterocycles. The molecule has 1 aromatic heterocycles. The molecule has 7 nitrogen and oxygen atoms in total. The highest BCUT2D eigenvalue weighted by molar-refractivity contribution is 6.03. The first-order chi connectivity index (χ1) is 13.4. The average molecular weight is 371 g/mol. The molecule has 0 saturated carbocycles. The predicted molar refractivity (Wildman–Crippen MR) is 106 cm³/mol. The van der Waals surface area contributed by atoms with Crippen LogP contribution in [0.2, 0.25) is 0 Å². The van der Waals surface area contributed by atoms with Crippen molar-refractivity contribution in [2.45, 2.75) is 13.8 Å². The Morgan fingerprint density at radius 2 is 1.75 bits per heavy atom. The van der Waals surface area contributed by atoms with Crippen molar-refractivity contribution in [2.24, 2.45) is 0 Å². The third-order valence-corrected chi connectivity index (χ3v) is 3.88. The Bertz CT molecular complexity index is 1080. The van der Waals surface area contributed by atoms with Gasteiger partial charge >= 0.3 is 0 Å². The third kappa shape index (κ3) is 4.56. The van der Waals surface area contributed by atoms with E-state index in [1.807, 2.05) is 6.07 Å². The van der Waals surface area contributed by atoms with E-state index in [2.05, 4.69) is 20.6 Å². The van der Waals surface area contributed by atoms with E-state index in [4.69, 9.17) is 5.26 Å². The van der Waals surface area contributed by atoms with Gasteiger partial charge in [0, 0.05) is 23.0 Å². The number of nitrogens with zero attached hydrogens (tertiary/aromatic N) is 3. The average Bonchev–Trinajstić information content (AvgIpc) is 2.68. The van der Waals surface area contributed by atoms with Crippen LogP contribution in [0.25, 0.3) is 0 Å². The Balaban J connectivity index is 1.79.